The number of phenolic OH excluding ortho intramolecular Hbond substituents is 2. The molecule has 0 bridgehead atoms. The molecule has 0 radical (unpaired) electrons. The molecule has 0 saturated heterocycles. The number of phenols is 2. The summed E-state index contributed by atoms with van der Waals surface area (Å²) in [5, 5.41) is 19.7. The van der Waals surface area contributed by atoms with E-state index < -0.39 is 11.8 Å². The third-order valence-electron chi connectivity index (χ3n) is 3.05. The van der Waals surface area contributed by atoms with Gasteiger partial charge in [-0.15, -0.1) is 0 Å². The molecule has 0 fully saturated rings. The van der Waals surface area contributed by atoms with Gasteiger partial charge in [-0.2, -0.15) is 0 Å². The van der Waals surface area contributed by atoms with E-state index in [2.05, 4.69) is 0 Å². The van der Waals surface area contributed by atoms with Crippen LogP contribution in [0.25, 0.3) is 0 Å². The number of hydrogen-bond acceptors (Lipinski definition) is 5. The molecule has 23 heavy (non-hydrogen) atoms. The van der Waals surface area contributed by atoms with Crippen molar-refractivity contribution in [2.75, 3.05) is 0 Å². The molecule has 2 aromatic carbocycles. The Morgan fingerprint density at radius 3 is 2.43 bits per heavy atom. The average molecular weight is 335 g/mol. The smallest absolute Gasteiger partial charge is 0.342 e. The molecule has 5 nitrogen and oxygen atoms in total. The Kier molecular flexibility index (Phi) is 4.91. The third kappa shape index (κ3) is 3.63. The van der Waals surface area contributed by atoms with E-state index in [1.54, 1.807) is 13.8 Å². The summed E-state index contributed by atoms with van der Waals surface area (Å²) in [6.45, 7) is 3.35. The Hall–Kier alpha value is -2.53. The van der Waals surface area contributed by atoms with E-state index >= 15 is 0 Å². The van der Waals surface area contributed by atoms with Crippen LogP contribution in [0.5, 0.6) is 11.5 Å². The predicted octanol–water partition coefficient (Wildman–Crippen LogP) is 3.55. The van der Waals surface area contributed by atoms with Crippen LogP contribution >= 0.6 is 11.6 Å². The number of ketones is 1. The highest BCUT2D eigenvalue weighted by Crippen LogP contribution is 2.30. The molecule has 120 valence electrons. The number of rotatable bonds is 4. The van der Waals surface area contributed by atoms with Crippen molar-refractivity contribution in [2.24, 2.45) is 0 Å². The second kappa shape index (κ2) is 6.71. The Morgan fingerprint density at radius 2 is 1.78 bits per heavy atom. The molecule has 0 spiro atoms. The summed E-state index contributed by atoms with van der Waals surface area (Å²) in [4.78, 5) is 24.4. The first-order valence-corrected chi connectivity index (χ1v) is 7.25. The van der Waals surface area contributed by atoms with Gasteiger partial charge in [0.25, 0.3) is 0 Å². The van der Waals surface area contributed by atoms with Crippen LogP contribution in [0.1, 0.15) is 40.1 Å². The number of para-hydroxylation sites is 1. The quantitative estimate of drug-likeness (QED) is 0.660. The van der Waals surface area contributed by atoms with E-state index in [9.17, 15) is 19.8 Å². The van der Waals surface area contributed by atoms with Gasteiger partial charge in [-0.1, -0.05) is 17.7 Å². The van der Waals surface area contributed by atoms with Crippen molar-refractivity contribution < 1.29 is 24.5 Å². The van der Waals surface area contributed by atoms with Crippen LogP contribution in [0.15, 0.2) is 36.4 Å². The number of halogens is 1. The zero-order valence-corrected chi connectivity index (χ0v) is 13.3. The Labute approximate surface area is 138 Å². The van der Waals surface area contributed by atoms with Crippen molar-refractivity contribution in [1.82, 2.24) is 0 Å². The van der Waals surface area contributed by atoms with Gasteiger partial charge in [0, 0.05) is 5.56 Å². The summed E-state index contributed by atoms with van der Waals surface area (Å²) >= 11 is 5.79. The van der Waals surface area contributed by atoms with Crippen molar-refractivity contribution in [3.63, 3.8) is 0 Å². The van der Waals surface area contributed by atoms with Gasteiger partial charge in [0.1, 0.15) is 17.1 Å². The number of ether oxygens (including phenoxy) is 1. The molecular weight excluding hydrogens is 320 g/mol. The summed E-state index contributed by atoms with van der Waals surface area (Å²) in [6.07, 6.45) is -0.363. The highest BCUT2D eigenvalue weighted by atomic mass is 35.5. The number of esters is 1. The fraction of sp³-hybridized carbons (Fsp3) is 0.176. The largest absolute Gasteiger partial charge is 0.507 e. The monoisotopic (exact) mass is 334 g/mol. The molecule has 0 saturated carbocycles. The van der Waals surface area contributed by atoms with E-state index in [1.165, 1.54) is 36.4 Å². The number of benzene rings is 2. The lowest BCUT2D eigenvalue weighted by atomic mass is 10.00. The predicted molar refractivity (Wildman–Crippen MR) is 85.2 cm³/mol. The zero-order chi connectivity index (χ0) is 17.1. The fourth-order valence-electron chi connectivity index (χ4n) is 1.97. The van der Waals surface area contributed by atoms with E-state index in [1.807, 2.05) is 0 Å². The molecule has 0 aliphatic rings. The minimum atomic E-state index is -0.734. The van der Waals surface area contributed by atoms with Gasteiger partial charge in [-0.25, -0.2) is 4.79 Å². The molecule has 2 aromatic rings. The molecule has 0 heterocycles. The highest BCUT2D eigenvalue weighted by molar-refractivity contribution is 6.33. The molecule has 0 aliphatic heterocycles. The van der Waals surface area contributed by atoms with Crippen LogP contribution in [-0.4, -0.2) is 28.1 Å². The molecule has 0 aromatic heterocycles. The lowest BCUT2D eigenvalue weighted by Crippen LogP contribution is -2.13. The van der Waals surface area contributed by atoms with E-state index in [-0.39, 0.29) is 39.3 Å². The van der Waals surface area contributed by atoms with Gasteiger partial charge in [0.2, 0.25) is 0 Å². The Morgan fingerprint density at radius 1 is 1.09 bits per heavy atom. The summed E-state index contributed by atoms with van der Waals surface area (Å²) in [5.74, 6) is -1.88. The van der Waals surface area contributed by atoms with Crippen LogP contribution in [0.2, 0.25) is 5.02 Å². The lowest BCUT2D eigenvalue weighted by Gasteiger charge is -2.11. The lowest BCUT2D eigenvalue weighted by molar-refractivity contribution is 0.0374. The number of hydrogen-bond donors (Lipinski definition) is 2. The van der Waals surface area contributed by atoms with Crippen molar-refractivity contribution in [3.05, 3.63) is 58.1 Å². The van der Waals surface area contributed by atoms with Crippen LogP contribution < -0.4 is 0 Å². The maximum atomic E-state index is 12.5. The molecule has 0 unspecified atom stereocenters. The first-order chi connectivity index (χ1) is 10.8. The zero-order valence-electron chi connectivity index (χ0n) is 12.5. The SMILES string of the molecule is CC(C)OC(=O)c1cc(C(=O)c2cccc(Cl)c2O)ccc1O. The van der Waals surface area contributed by atoms with Gasteiger partial charge in [-0.3, -0.25) is 4.79 Å². The first kappa shape index (κ1) is 16.8. The molecule has 6 heteroatoms. The molecule has 0 aliphatic carbocycles. The summed E-state index contributed by atoms with van der Waals surface area (Å²) in [6, 6.07) is 8.21. The average Bonchev–Trinajstić information content (AvgIpc) is 2.49. The number of carbonyl (C=O) groups excluding carboxylic acids is 2. The van der Waals surface area contributed by atoms with Crippen molar-refractivity contribution in [2.45, 2.75) is 20.0 Å². The van der Waals surface area contributed by atoms with E-state index in [4.69, 9.17) is 16.3 Å². The maximum Gasteiger partial charge on any atom is 0.342 e. The second-order valence-corrected chi connectivity index (χ2v) is 5.56. The Balaban J connectivity index is 2.43. The molecule has 2 rings (SSSR count). The minimum absolute atomic E-state index is 0.00590. The standard InChI is InChI=1S/C17H15ClO5/c1-9(2)23-17(22)12-8-10(6-7-14(12)19)15(20)11-4-3-5-13(18)16(11)21/h3-9,19,21H,1-2H3. The second-order valence-electron chi connectivity index (χ2n) is 5.15. The van der Waals surface area contributed by atoms with Gasteiger partial charge < -0.3 is 14.9 Å². The number of aromatic hydroxyl groups is 2. The summed E-state index contributed by atoms with van der Waals surface area (Å²) in [7, 11) is 0. The van der Waals surface area contributed by atoms with Gasteiger partial charge in [0.15, 0.2) is 5.78 Å². The van der Waals surface area contributed by atoms with Crippen molar-refractivity contribution in [1.29, 1.82) is 0 Å². The van der Waals surface area contributed by atoms with Gasteiger partial charge in [0.05, 0.1) is 16.7 Å². The minimum Gasteiger partial charge on any atom is -0.507 e. The van der Waals surface area contributed by atoms with Crippen molar-refractivity contribution >= 4 is 23.4 Å². The molecule has 0 amide bonds. The Bertz CT molecular complexity index is 768. The van der Waals surface area contributed by atoms with Crippen LogP contribution in [0.4, 0.5) is 0 Å². The van der Waals surface area contributed by atoms with E-state index in [0.29, 0.717) is 0 Å². The van der Waals surface area contributed by atoms with Crippen LogP contribution in [0.3, 0.4) is 0 Å². The first-order valence-electron chi connectivity index (χ1n) is 6.87. The molecule has 0 atom stereocenters. The summed E-state index contributed by atoms with van der Waals surface area (Å²) in [5.41, 5.74) is 0.00788. The molecule has 2 N–H and O–H groups in total. The van der Waals surface area contributed by atoms with Crippen LogP contribution in [0, 0.1) is 0 Å². The van der Waals surface area contributed by atoms with E-state index in [0.717, 1.165) is 0 Å². The summed E-state index contributed by atoms with van der Waals surface area (Å²) < 4.78 is 5.02. The topological polar surface area (TPSA) is 83.8 Å². The van der Waals surface area contributed by atoms with Crippen LogP contribution in [-0.2, 0) is 4.74 Å². The normalized spacial score (nSPS) is 10.6. The van der Waals surface area contributed by atoms with Crippen molar-refractivity contribution in [3.8, 4) is 11.5 Å². The third-order valence-corrected chi connectivity index (χ3v) is 3.36. The molecular formula is C17H15ClO5. The maximum absolute atomic E-state index is 12.5. The highest BCUT2D eigenvalue weighted by Gasteiger charge is 2.20. The van der Waals surface area contributed by atoms with Gasteiger partial charge >= 0.3 is 5.97 Å². The number of carbonyl (C=O) groups is 2. The van der Waals surface area contributed by atoms with Gasteiger partial charge in [-0.05, 0) is 44.2 Å². The fourth-order valence-corrected chi connectivity index (χ4v) is 2.15.